The molecule has 0 fully saturated rings. The predicted octanol–water partition coefficient (Wildman–Crippen LogP) is 3.56. The Morgan fingerprint density at radius 3 is 2.60 bits per heavy atom. The molecule has 2 rings (SSSR count). The second-order valence-electron chi connectivity index (χ2n) is 4.48. The SMILES string of the molecule is CC[C@H](Oc1ccccc1)C(=O)Nc1nc(C)c(C)s1. The van der Waals surface area contributed by atoms with Crippen LogP contribution in [0.1, 0.15) is 23.9 Å². The Morgan fingerprint density at radius 1 is 1.35 bits per heavy atom. The summed E-state index contributed by atoms with van der Waals surface area (Å²) in [7, 11) is 0. The molecule has 1 aromatic heterocycles. The van der Waals surface area contributed by atoms with Gasteiger partial charge in [0.1, 0.15) is 5.75 Å². The van der Waals surface area contributed by atoms with Gasteiger partial charge < -0.3 is 4.74 Å². The number of hydrogen-bond donors (Lipinski definition) is 1. The fourth-order valence-electron chi connectivity index (χ4n) is 1.70. The lowest BCUT2D eigenvalue weighted by molar-refractivity contribution is -0.122. The average molecular weight is 290 g/mol. The lowest BCUT2D eigenvalue weighted by Gasteiger charge is -2.16. The van der Waals surface area contributed by atoms with Crippen molar-refractivity contribution in [2.75, 3.05) is 5.32 Å². The van der Waals surface area contributed by atoms with Gasteiger partial charge in [-0.15, -0.1) is 11.3 Å². The van der Waals surface area contributed by atoms with E-state index in [1.807, 2.05) is 51.1 Å². The minimum absolute atomic E-state index is 0.162. The fraction of sp³-hybridized carbons (Fsp3) is 0.333. The molecular weight excluding hydrogens is 272 g/mol. The molecule has 0 saturated carbocycles. The summed E-state index contributed by atoms with van der Waals surface area (Å²) < 4.78 is 5.70. The number of amides is 1. The van der Waals surface area contributed by atoms with Gasteiger partial charge in [0, 0.05) is 4.88 Å². The lowest BCUT2D eigenvalue weighted by Crippen LogP contribution is -2.32. The maximum Gasteiger partial charge on any atom is 0.267 e. The first-order chi connectivity index (χ1) is 9.60. The first-order valence-electron chi connectivity index (χ1n) is 6.56. The molecule has 0 aliphatic heterocycles. The molecule has 2 aromatic rings. The van der Waals surface area contributed by atoms with Gasteiger partial charge in [0.05, 0.1) is 5.69 Å². The van der Waals surface area contributed by atoms with Gasteiger partial charge in [-0.05, 0) is 32.4 Å². The minimum atomic E-state index is -0.512. The van der Waals surface area contributed by atoms with Gasteiger partial charge in [-0.1, -0.05) is 25.1 Å². The van der Waals surface area contributed by atoms with Crippen LogP contribution in [0.5, 0.6) is 5.75 Å². The van der Waals surface area contributed by atoms with Crippen LogP contribution >= 0.6 is 11.3 Å². The standard InChI is InChI=1S/C15H18N2O2S/c1-4-13(19-12-8-6-5-7-9-12)14(18)17-15-16-10(2)11(3)20-15/h5-9,13H,4H2,1-3H3,(H,16,17,18)/t13-/m0/s1. The van der Waals surface area contributed by atoms with Crippen molar-refractivity contribution in [1.29, 1.82) is 0 Å². The largest absolute Gasteiger partial charge is 0.481 e. The highest BCUT2D eigenvalue weighted by atomic mass is 32.1. The average Bonchev–Trinajstić information content (AvgIpc) is 2.75. The summed E-state index contributed by atoms with van der Waals surface area (Å²) in [6.45, 7) is 5.84. The van der Waals surface area contributed by atoms with Crippen LogP contribution in [0.3, 0.4) is 0 Å². The van der Waals surface area contributed by atoms with Gasteiger partial charge in [-0.2, -0.15) is 0 Å². The number of thiazole rings is 1. The number of para-hydroxylation sites is 1. The second kappa shape index (κ2) is 6.52. The molecule has 1 atom stereocenters. The number of benzene rings is 1. The van der Waals surface area contributed by atoms with Crippen molar-refractivity contribution in [3.05, 3.63) is 40.9 Å². The molecule has 1 amide bonds. The third-order valence-corrected chi connectivity index (χ3v) is 3.93. The highest BCUT2D eigenvalue weighted by Crippen LogP contribution is 2.22. The van der Waals surface area contributed by atoms with Gasteiger partial charge in [0.25, 0.3) is 5.91 Å². The van der Waals surface area contributed by atoms with Crippen molar-refractivity contribution < 1.29 is 9.53 Å². The maximum atomic E-state index is 12.2. The molecule has 1 heterocycles. The number of nitrogens with zero attached hydrogens (tertiary/aromatic N) is 1. The molecule has 0 unspecified atom stereocenters. The predicted molar refractivity (Wildman–Crippen MR) is 81.4 cm³/mol. The Labute approximate surface area is 122 Å². The van der Waals surface area contributed by atoms with Crippen molar-refractivity contribution in [2.24, 2.45) is 0 Å². The number of rotatable bonds is 5. The molecule has 0 bridgehead atoms. The summed E-state index contributed by atoms with van der Waals surface area (Å²) in [5, 5.41) is 3.44. The highest BCUT2D eigenvalue weighted by Gasteiger charge is 2.19. The van der Waals surface area contributed by atoms with E-state index in [0.29, 0.717) is 17.3 Å². The van der Waals surface area contributed by atoms with E-state index < -0.39 is 6.10 Å². The summed E-state index contributed by atoms with van der Waals surface area (Å²) in [6, 6.07) is 9.36. The van der Waals surface area contributed by atoms with E-state index in [2.05, 4.69) is 10.3 Å². The van der Waals surface area contributed by atoms with Crippen molar-refractivity contribution in [2.45, 2.75) is 33.3 Å². The summed E-state index contributed by atoms with van der Waals surface area (Å²) in [5.74, 6) is 0.533. The summed E-state index contributed by atoms with van der Waals surface area (Å²) in [6.07, 6.45) is 0.0891. The zero-order valence-corrected chi connectivity index (χ0v) is 12.7. The number of anilines is 1. The van der Waals surface area contributed by atoms with Crippen LogP contribution in [0.4, 0.5) is 5.13 Å². The molecule has 20 heavy (non-hydrogen) atoms. The van der Waals surface area contributed by atoms with Crippen LogP contribution in [-0.4, -0.2) is 17.0 Å². The molecule has 0 spiro atoms. The van der Waals surface area contributed by atoms with E-state index >= 15 is 0 Å². The van der Waals surface area contributed by atoms with Crippen molar-refractivity contribution in [3.63, 3.8) is 0 Å². The Bertz CT molecular complexity index is 561. The Balaban J connectivity index is 2.02. The number of ether oxygens (including phenoxy) is 1. The summed E-state index contributed by atoms with van der Waals surface area (Å²) in [4.78, 5) is 17.6. The van der Waals surface area contributed by atoms with E-state index in [9.17, 15) is 4.79 Å². The van der Waals surface area contributed by atoms with Gasteiger partial charge in [0.15, 0.2) is 11.2 Å². The second-order valence-corrected chi connectivity index (χ2v) is 5.68. The normalized spacial score (nSPS) is 11.9. The Hall–Kier alpha value is -1.88. The lowest BCUT2D eigenvalue weighted by atomic mass is 10.2. The summed E-state index contributed by atoms with van der Waals surface area (Å²) in [5.41, 5.74) is 0.947. The van der Waals surface area contributed by atoms with Crippen LogP contribution < -0.4 is 10.1 Å². The molecule has 106 valence electrons. The van der Waals surface area contributed by atoms with Gasteiger partial charge in [-0.25, -0.2) is 4.98 Å². The quantitative estimate of drug-likeness (QED) is 0.916. The molecule has 0 aliphatic rings. The van der Waals surface area contributed by atoms with Crippen LogP contribution in [0.25, 0.3) is 0 Å². The van der Waals surface area contributed by atoms with Crippen LogP contribution in [0, 0.1) is 13.8 Å². The maximum absolute atomic E-state index is 12.2. The number of carbonyl (C=O) groups excluding carboxylic acids is 1. The van der Waals surface area contributed by atoms with Gasteiger partial charge in [-0.3, -0.25) is 10.1 Å². The number of hydrogen-bond acceptors (Lipinski definition) is 4. The van der Waals surface area contributed by atoms with Crippen molar-refractivity contribution in [1.82, 2.24) is 4.98 Å². The minimum Gasteiger partial charge on any atom is -0.481 e. The van der Waals surface area contributed by atoms with Crippen molar-refractivity contribution in [3.8, 4) is 5.75 Å². The summed E-state index contributed by atoms with van der Waals surface area (Å²) >= 11 is 1.48. The van der Waals surface area contributed by atoms with E-state index in [1.54, 1.807) is 0 Å². The molecule has 1 aromatic carbocycles. The molecule has 0 radical (unpaired) electrons. The van der Waals surface area contributed by atoms with Crippen LogP contribution in [0.2, 0.25) is 0 Å². The molecule has 0 aliphatic carbocycles. The third-order valence-electron chi connectivity index (χ3n) is 2.94. The topological polar surface area (TPSA) is 51.2 Å². The zero-order chi connectivity index (χ0) is 14.5. The number of aromatic nitrogens is 1. The molecular formula is C15H18N2O2S. The highest BCUT2D eigenvalue weighted by molar-refractivity contribution is 7.15. The number of nitrogens with one attached hydrogen (secondary N) is 1. The molecule has 0 saturated heterocycles. The third kappa shape index (κ3) is 3.57. The molecule has 4 nitrogen and oxygen atoms in total. The smallest absolute Gasteiger partial charge is 0.267 e. The first-order valence-corrected chi connectivity index (χ1v) is 7.38. The fourth-order valence-corrected chi connectivity index (χ4v) is 2.52. The molecule has 1 N–H and O–H groups in total. The van der Waals surface area contributed by atoms with E-state index in [4.69, 9.17) is 4.74 Å². The monoisotopic (exact) mass is 290 g/mol. The van der Waals surface area contributed by atoms with Crippen LogP contribution in [-0.2, 0) is 4.79 Å². The number of carbonyl (C=O) groups is 1. The van der Waals surface area contributed by atoms with Gasteiger partial charge >= 0.3 is 0 Å². The van der Waals surface area contributed by atoms with Gasteiger partial charge in [0.2, 0.25) is 0 Å². The van der Waals surface area contributed by atoms with E-state index in [-0.39, 0.29) is 5.91 Å². The Kier molecular flexibility index (Phi) is 4.74. The molecule has 5 heteroatoms. The van der Waals surface area contributed by atoms with Crippen molar-refractivity contribution >= 4 is 22.4 Å². The van der Waals surface area contributed by atoms with E-state index in [0.717, 1.165) is 10.6 Å². The number of aryl methyl sites for hydroxylation is 2. The Morgan fingerprint density at radius 2 is 2.05 bits per heavy atom. The zero-order valence-electron chi connectivity index (χ0n) is 11.8. The van der Waals surface area contributed by atoms with Crippen LogP contribution in [0.15, 0.2) is 30.3 Å². The first kappa shape index (κ1) is 14.5. The van der Waals surface area contributed by atoms with E-state index in [1.165, 1.54) is 11.3 Å².